The van der Waals surface area contributed by atoms with Crippen molar-refractivity contribution in [3.05, 3.63) is 0 Å². The molecule has 2 saturated heterocycles. The van der Waals surface area contributed by atoms with E-state index >= 15 is 0 Å². The molecule has 2 fully saturated rings. The molecule has 0 spiro atoms. The van der Waals surface area contributed by atoms with Gasteiger partial charge in [0.1, 0.15) is 11.6 Å². The fourth-order valence-corrected chi connectivity index (χ4v) is 5.56. The summed E-state index contributed by atoms with van der Waals surface area (Å²) in [5.41, 5.74) is -0.504. The quantitative estimate of drug-likeness (QED) is 0.632. The van der Waals surface area contributed by atoms with Crippen LogP contribution >= 0.6 is 0 Å². The first-order valence-electron chi connectivity index (χ1n) is 11.0. The second-order valence-corrected chi connectivity index (χ2v) is 11.1. The summed E-state index contributed by atoms with van der Waals surface area (Å²) in [6.07, 6.45) is 2.49. The van der Waals surface area contributed by atoms with Gasteiger partial charge in [0, 0.05) is 45.8 Å². The Labute approximate surface area is 181 Å². The molecule has 0 bridgehead atoms. The zero-order chi connectivity index (χ0) is 22.4. The molecule has 0 saturated carbocycles. The van der Waals surface area contributed by atoms with Crippen LogP contribution in [0.2, 0.25) is 0 Å². The summed E-state index contributed by atoms with van der Waals surface area (Å²) >= 11 is 0. The number of nitrogens with one attached hydrogen (secondary N) is 1. The van der Waals surface area contributed by atoms with Crippen molar-refractivity contribution in [3.63, 3.8) is 0 Å². The minimum atomic E-state index is -3.39. The molecule has 9 nitrogen and oxygen atoms in total. The van der Waals surface area contributed by atoms with Crippen molar-refractivity contribution in [2.45, 2.75) is 65.0 Å². The van der Waals surface area contributed by atoms with E-state index in [4.69, 9.17) is 4.74 Å². The maximum Gasteiger partial charge on any atom is 0.410 e. The molecule has 174 valence electrons. The predicted octanol–water partition coefficient (Wildman–Crippen LogP) is 1.25. The first-order valence-corrected chi connectivity index (χ1v) is 12.6. The molecular weight excluding hydrogens is 408 g/mol. The van der Waals surface area contributed by atoms with Gasteiger partial charge >= 0.3 is 6.09 Å². The highest BCUT2D eigenvalue weighted by atomic mass is 32.2. The van der Waals surface area contributed by atoms with Crippen molar-refractivity contribution in [1.82, 2.24) is 19.4 Å². The summed E-state index contributed by atoms with van der Waals surface area (Å²) in [5, 5.41) is 2.92. The lowest BCUT2D eigenvalue weighted by molar-refractivity contribution is -0.125. The molecule has 1 unspecified atom stereocenters. The smallest absolute Gasteiger partial charge is 0.410 e. The van der Waals surface area contributed by atoms with Crippen LogP contribution < -0.4 is 5.32 Å². The molecule has 0 aliphatic carbocycles. The van der Waals surface area contributed by atoms with Crippen molar-refractivity contribution in [1.29, 1.82) is 0 Å². The SMILES string of the molecule is CCCS(=O)(=O)N1CCCCC1C(=O)NCCN1CCN(C(=O)OC(C)(C)C)CC1. The number of piperazine rings is 1. The fourth-order valence-electron chi connectivity index (χ4n) is 3.81. The second-order valence-electron chi connectivity index (χ2n) is 9.04. The normalized spacial score (nSPS) is 22.0. The zero-order valence-corrected chi connectivity index (χ0v) is 19.7. The number of nitrogens with zero attached hydrogens (tertiary/aromatic N) is 3. The van der Waals surface area contributed by atoms with Crippen LogP contribution in [0.4, 0.5) is 4.79 Å². The Bertz CT molecular complexity index is 684. The van der Waals surface area contributed by atoms with Crippen LogP contribution in [0.5, 0.6) is 0 Å². The lowest BCUT2D eigenvalue weighted by Gasteiger charge is -2.36. The Hall–Kier alpha value is -1.39. The number of carbonyl (C=O) groups excluding carboxylic acids is 2. The maximum absolute atomic E-state index is 12.7. The lowest BCUT2D eigenvalue weighted by Crippen LogP contribution is -2.54. The van der Waals surface area contributed by atoms with Gasteiger partial charge in [-0.05, 0) is 40.0 Å². The van der Waals surface area contributed by atoms with Crippen LogP contribution in [-0.2, 0) is 19.6 Å². The first kappa shape index (κ1) is 24.9. The summed E-state index contributed by atoms with van der Waals surface area (Å²) in [6, 6.07) is -0.598. The number of piperidine rings is 1. The number of rotatable bonds is 7. The van der Waals surface area contributed by atoms with Crippen molar-refractivity contribution in [2.24, 2.45) is 0 Å². The van der Waals surface area contributed by atoms with Crippen molar-refractivity contribution < 1.29 is 22.7 Å². The summed E-state index contributed by atoms with van der Waals surface area (Å²) in [7, 11) is -3.39. The zero-order valence-electron chi connectivity index (χ0n) is 18.9. The van der Waals surface area contributed by atoms with Crippen LogP contribution in [0.3, 0.4) is 0 Å². The minimum absolute atomic E-state index is 0.0820. The average Bonchev–Trinajstić information content (AvgIpc) is 2.67. The highest BCUT2D eigenvalue weighted by Crippen LogP contribution is 2.21. The van der Waals surface area contributed by atoms with E-state index in [9.17, 15) is 18.0 Å². The van der Waals surface area contributed by atoms with E-state index in [1.54, 1.807) is 4.90 Å². The van der Waals surface area contributed by atoms with E-state index in [0.717, 1.165) is 25.9 Å². The van der Waals surface area contributed by atoms with Gasteiger partial charge in [-0.3, -0.25) is 9.69 Å². The number of carbonyl (C=O) groups is 2. The molecule has 0 aromatic carbocycles. The van der Waals surface area contributed by atoms with Gasteiger partial charge in [0.2, 0.25) is 15.9 Å². The summed E-state index contributed by atoms with van der Waals surface area (Å²) < 4.78 is 31.8. The highest BCUT2D eigenvalue weighted by Gasteiger charge is 2.36. The lowest BCUT2D eigenvalue weighted by atomic mass is 10.0. The van der Waals surface area contributed by atoms with Crippen molar-refractivity contribution in [3.8, 4) is 0 Å². The van der Waals surface area contributed by atoms with Gasteiger partial charge in [-0.2, -0.15) is 4.31 Å². The molecule has 2 aliphatic heterocycles. The van der Waals surface area contributed by atoms with Crippen molar-refractivity contribution in [2.75, 3.05) is 51.6 Å². The van der Waals surface area contributed by atoms with E-state index in [0.29, 0.717) is 45.6 Å². The Morgan fingerprint density at radius 1 is 1.07 bits per heavy atom. The molecule has 10 heteroatoms. The van der Waals surface area contributed by atoms with Gasteiger partial charge in [0.15, 0.2) is 0 Å². The topological polar surface area (TPSA) is 99.3 Å². The molecule has 2 rings (SSSR count). The van der Waals surface area contributed by atoms with Crippen molar-refractivity contribution >= 4 is 22.0 Å². The van der Waals surface area contributed by atoms with E-state index in [2.05, 4.69) is 10.2 Å². The van der Waals surface area contributed by atoms with Crippen LogP contribution in [0.15, 0.2) is 0 Å². The standard InChI is InChI=1S/C20H38N4O5S/c1-5-16-30(27,28)24-10-7-6-8-17(24)18(25)21-9-11-22-12-14-23(15-13-22)19(26)29-20(2,3)4/h17H,5-16H2,1-4H3,(H,21,25). The third-order valence-electron chi connectivity index (χ3n) is 5.33. The molecule has 2 heterocycles. The Kier molecular flexibility index (Phi) is 8.93. The van der Waals surface area contributed by atoms with Gasteiger partial charge in [-0.1, -0.05) is 13.3 Å². The van der Waals surface area contributed by atoms with Crippen LogP contribution in [-0.4, -0.2) is 97.7 Å². The average molecular weight is 447 g/mol. The number of amides is 2. The largest absolute Gasteiger partial charge is 0.444 e. The van der Waals surface area contributed by atoms with Crippen LogP contribution in [0.1, 0.15) is 53.4 Å². The molecule has 1 N–H and O–H groups in total. The molecule has 1 atom stereocenters. The van der Waals surface area contributed by atoms with Gasteiger partial charge in [-0.25, -0.2) is 13.2 Å². The number of ether oxygens (including phenoxy) is 1. The second kappa shape index (κ2) is 10.8. The van der Waals surface area contributed by atoms with E-state index in [-0.39, 0.29) is 17.8 Å². The maximum atomic E-state index is 12.7. The third-order valence-corrected chi connectivity index (χ3v) is 7.40. The van der Waals surface area contributed by atoms with Gasteiger partial charge < -0.3 is 15.0 Å². The van der Waals surface area contributed by atoms with E-state index in [1.165, 1.54) is 4.31 Å². The highest BCUT2D eigenvalue weighted by molar-refractivity contribution is 7.89. The Balaban J connectivity index is 1.76. The molecule has 0 radical (unpaired) electrons. The fraction of sp³-hybridized carbons (Fsp3) is 0.900. The Morgan fingerprint density at radius 3 is 2.33 bits per heavy atom. The summed E-state index contributed by atoms with van der Waals surface area (Å²) in [4.78, 5) is 28.7. The van der Waals surface area contributed by atoms with E-state index in [1.807, 2.05) is 27.7 Å². The van der Waals surface area contributed by atoms with E-state index < -0.39 is 21.7 Å². The summed E-state index contributed by atoms with van der Waals surface area (Å²) in [5.74, 6) is -0.125. The minimum Gasteiger partial charge on any atom is -0.444 e. The summed E-state index contributed by atoms with van der Waals surface area (Å²) in [6.45, 7) is 11.6. The molecule has 30 heavy (non-hydrogen) atoms. The monoisotopic (exact) mass is 446 g/mol. The van der Waals surface area contributed by atoms with Gasteiger partial charge in [0.05, 0.1) is 5.75 Å². The molecule has 2 aliphatic rings. The third kappa shape index (κ3) is 7.39. The molecule has 0 aromatic rings. The number of hydrogen-bond acceptors (Lipinski definition) is 6. The molecular formula is C20H38N4O5S. The number of sulfonamides is 1. The van der Waals surface area contributed by atoms with Crippen LogP contribution in [0, 0.1) is 0 Å². The van der Waals surface area contributed by atoms with Gasteiger partial charge in [-0.15, -0.1) is 0 Å². The number of hydrogen-bond donors (Lipinski definition) is 1. The first-order chi connectivity index (χ1) is 14.0. The Morgan fingerprint density at radius 2 is 1.73 bits per heavy atom. The van der Waals surface area contributed by atoms with Gasteiger partial charge in [0.25, 0.3) is 0 Å². The molecule has 0 aromatic heterocycles. The predicted molar refractivity (Wildman–Crippen MR) is 116 cm³/mol. The van der Waals surface area contributed by atoms with Crippen LogP contribution in [0.25, 0.3) is 0 Å². The molecule has 2 amide bonds.